The number of hydrogen-bond donors (Lipinski definition) is 0. The van der Waals surface area contributed by atoms with Gasteiger partial charge in [-0.15, -0.1) is 11.3 Å². The lowest BCUT2D eigenvalue weighted by molar-refractivity contribution is -0.134. The lowest BCUT2D eigenvalue weighted by Gasteiger charge is -2.12. The fourth-order valence-electron chi connectivity index (χ4n) is 3.10. The number of fused-ring (bicyclic) bond motifs is 2. The second-order valence-electron chi connectivity index (χ2n) is 6.50. The molecule has 5 nitrogen and oxygen atoms in total. The molecule has 2 aromatic heterocycles. The molecule has 0 saturated carbocycles. The van der Waals surface area contributed by atoms with Gasteiger partial charge in [-0.25, -0.2) is 13.8 Å². The van der Waals surface area contributed by atoms with Gasteiger partial charge < -0.3 is 4.74 Å². The number of nitrogens with zero attached hydrogens (tertiary/aromatic N) is 2. The largest absolute Gasteiger partial charge is 0.421 e. The minimum absolute atomic E-state index is 0.00323. The topological polar surface area (TPSA) is 61.2 Å². The van der Waals surface area contributed by atoms with E-state index in [2.05, 4.69) is 4.98 Å². The summed E-state index contributed by atoms with van der Waals surface area (Å²) in [6.07, 6.45) is 0.798. The first-order chi connectivity index (χ1) is 14.0. The Kier molecular flexibility index (Phi) is 5.10. The summed E-state index contributed by atoms with van der Waals surface area (Å²) in [5.41, 5.74) is 0.0363. The number of rotatable bonds is 5. The molecule has 8 heteroatoms. The SMILES string of the molecule is CCCC(=O)Oc1cc2ccccc2n(Cc2nc3c(F)ccc(F)c3s2)c1=O. The fraction of sp³-hybridized carbons (Fsp3) is 0.190. The third-order valence-electron chi connectivity index (χ3n) is 4.43. The molecule has 0 bridgehead atoms. The molecule has 0 atom stereocenters. The summed E-state index contributed by atoms with van der Waals surface area (Å²) in [6.45, 7) is 1.84. The summed E-state index contributed by atoms with van der Waals surface area (Å²) >= 11 is 0.984. The van der Waals surface area contributed by atoms with Crippen molar-refractivity contribution in [2.75, 3.05) is 0 Å². The number of carbonyl (C=O) groups is 1. The average Bonchev–Trinajstić information content (AvgIpc) is 3.13. The first kappa shape index (κ1) is 19.2. The number of hydrogen-bond acceptors (Lipinski definition) is 5. The van der Waals surface area contributed by atoms with Gasteiger partial charge in [-0.1, -0.05) is 25.1 Å². The summed E-state index contributed by atoms with van der Waals surface area (Å²) in [5.74, 6) is -1.76. The van der Waals surface area contributed by atoms with Gasteiger partial charge in [-0.3, -0.25) is 14.2 Å². The molecule has 0 aliphatic heterocycles. The lowest BCUT2D eigenvalue weighted by Crippen LogP contribution is -2.24. The van der Waals surface area contributed by atoms with Crippen LogP contribution >= 0.6 is 11.3 Å². The van der Waals surface area contributed by atoms with Crippen molar-refractivity contribution >= 4 is 38.4 Å². The maximum absolute atomic E-state index is 14.0. The molecule has 2 aromatic carbocycles. The Morgan fingerprint density at radius 1 is 1.17 bits per heavy atom. The Balaban J connectivity index is 1.83. The van der Waals surface area contributed by atoms with Crippen molar-refractivity contribution in [3.63, 3.8) is 0 Å². The molecule has 2 heterocycles. The predicted octanol–water partition coefficient (Wildman–Crippen LogP) is 4.64. The van der Waals surface area contributed by atoms with E-state index in [1.54, 1.807) is 24.3 Å². The summed E-state index contributed by atoms with van der Waals surface area (Å²) < 4.78 is 34.8. The van der Waals surface area contributed by atoms with Gasteiger partial charge >= 0.3 is 5.97 Å². The zero-order valence-electron chi connectivity index (χ0n) is 15.4. The van der Waals surface area contributed by atoms with Crippen molar-refractivity contribution in [3.05, 3.63) is 69.5 Å². The number of carbonyl (C=O) groups excluding carboxylic acids is 1. The molecule has 148 valence electrons. The van der Waals surface area contributed by atoms with E-state index in [9.17, 15) is 18.4 Å². The predicted molar refractivity (Wildman–Crippen MR) is 107 cm³/mol. The maximum Gasteiger partial charge on any atom is 0.311 e. The highest BCUT2D eigenvalue weighted by Crippen LogP contribution is 2.28. The number of ether oxygens (including phenoxy) is 1. The Morgan fingerprint density at radius 3 is 2.69 bits per heavy atom. The number of benzene rings is 2. The average molecular weight is 414 g/mol. The van der Waals surface area contributed by atoms with Crippen LogP contribution in [0.15, 0.2) is 47.3 Å². The molecule has 0 aliphatic rings. The highest BCUT2D eigenvalue weighted by atomic mass is 32.1. The molecule has 0 radical (unpaired) electrons. The summed E-state index contributed by atoms with van der Waals surface area (Å²) in [7, 11) is 0. The number of halogens is 2. The minimum atomic E-state index is -0.622. The van der Waals surface area contributed by atoms with E-state index < -0.39 is 23.2 Å². The Hall–Kier alpha value is -3.13. The number of para-hydroxylation sites is 1. The molecular formula is C21H16F2N2O3S. The third-order valence-corrected chi connectivity index (χ3v) is 5.48. The number of thiazole rings is 1. The monoisotopic (exact) mass is 414 g/mol. The van der Waals surface area contributed by atoms with Gasteiger partial charge in [-0.2, -0.15) is 0 Å². The number of aromatic nitrogens is 2. The molecule has 0 amide bonds. The van der Waals surface area contributed by atoms with Crippen LogP contribution in [0.2, 0.25) is 0 Å². The van der Waals surface area contributed by atoms with Crippen LogP contribution in [0.25, 0.3) is 21.1 Å². The third kappa shape index (κ3) is 3.63. The van der Waals surface area contributed by atoms with Gasteiger partial charge in [0, 0.05) is 11.8 Å². The van der Waals surface area contributed by atoms with Crippen LogP contribution in [0.4, 0.5) is 8.78 Å². The van der Waals surface area contributed by atoms with Gasteiger partial charge in [0.2, 0.25) is 0 Å². The molecule has 0 aliphatic carbocycles. The van der Waals surface area contributed by atoms with Crippen LogP contribution < -0.4 is 10.3 Å². The molecule has 4 aromatic rings. The van der Waals surface area contributed by atoms with E-state index in [1.165, 1.54) is 10.6 Å². The second kappa shape index (κ2) is 7.71. The van der Waals surface area contributed by atoms with Gasteiger partial charge in [0.1, 0.15) is 16.3 Å². The van der Waals surface area contributed by atoms with Crippen molar-refractivity contribution in [2.24, 2.45) is 0 Å². The first-order valence-corrected chi connectivity index (χ1v) is 9.86. The van der Waals surface area contributed by atoms with Crippen molar-refractivity contribution in [2.45, 2.75) is 26.3 Å². The molecular weight excluding hydrogens is 398 g/mol. The molecule has 4 rings (SSSR count). The van der Waals surface area contributed by atoms with E-state index in [0.29, 0.717) is 22.3 Å². The van der Waals surface area contributed by atoms with Crippen LogP contribution in [0, 0.1) is 11.6 Å². The van der Waals surface area contributed by atoms with Crippen LogP contribution in [0.5, 0.6) is 5.75 Å². The molecule has 0 saturated heterocycles. The summed E-state index contributed by atoms with van der Waals surface area (Å²) in [6, 6.07) is 10.7. The van der Waals surface area contributed by atoms with Crippen LogP contribution in [0.3, 0.4) is 0 Å². The van der Waals surface area contributed by atoms with E-state index in [-0.39, 0.29) is 28.9 Å². The zero-order valence-corrected chi connectivity index (χ0v) is 16.3. The highest BCUT2D eigenvalue weighted by Gasteiger charge is 2.17. The maximum atomic E-state index is 14.0. The van der Waals surface area contributed by atoms with Crippen molar-refractivity contribution in [1.82, 2.24) is 9.55 Å². The molecule has 0 N–H and O–H groups in total. The molecule has 29 heavy (non-hydrogen) atoms. The molecule has 0 spiro atoms. The number of pyridine rings is 1. The van der Waals surface area contributed by atoms with E-state index in [1.807, 2.05) is 6.92 Å². The number of esters is 1. The summed E-state index contributed by atoms with van der Waals surface area (Å²) in [5, 5.41) is 1.07. The fourth-order valence-corrected chi connectivity index (χ4v) is 4.07. The van der Waals surface area contributed by atoms with E-state index in [0.717, 1.165) is 23.5 Å². The quantitative estimate of drug-likeness (QED) is 0.446. The molecule has 0 fully saturated rings. The Morgan fingerprint density at radius 2 is 1.93 bits per heavy atom. The van der Waals surface area contributed by atoms with Crippen molar-refractivity contribution in [1.29, 1.82) is 0 Å². The standard InChI is InChI=1S/C21H16F2N2O3S/c1-2-5-18(26)28-16-10-12-6-3-4-7-15(12)25(21(16)27)11-17-24-19-13(22)8-9-14(23)20(19)29-17/h3-4,6-10H,2,5,11H2,1H3. The first-order valence-electron chi connectivity index (χ1n) is 9.04. The van der Waals surface area contributed by atoms with Crippen molar-refractivity contribution < 1.29 is 18.3 Å². The van der Waals surface area contributed by atoms with Crippen LogP contribution in [-0.4, -0.2) is 15.5 Å². The van der Waals surface area contributed by atoms with Gasteiger partial charge in [0.05, 0.1) is 16.8 Å². The van der Waals surface area contributed by atoms with E-state index >= 15 is 0 Å². The van der Waals surface area contributed by atoms with Crippen molar-refractivity contribution in [3.8, 4) is 5.75 Å². The normalized spacial score (nSPS) is 11.3. The highest BCUT2D eigenvalue weighted by molar-refractivity contribution is 7.18. The van der Waals surface area contributed by atoms with Gasteiger partial charge in [0.25, 0.3) is 5.56 Å². The Labute approximate surface area is 168 Å². The van der Waals surface area contributed by atoms with Crippen LogP contribution in [0.1, 0.15) is 24.8 Å². The van der Waals surface area contributed by atoms with E-state index in [4.69, 9.17) is 4.74 Å². The molecule has 0 unspecified atom stereocenters. The second-order valence-corrected chi connectivity index (χ2v) is 7.58. The zero-order chi connectivity index (χ0) is 20.5. The lowest BCUT2D eigenvalue weighted by atomic mass is 10.2. The van der Waals surface area contributed by atoms with Gasteiger partial charge in [-0.05, 0) is 30.7 Å². The minimum Gasteiger partial charge on any atom is -0.421 e. The summed E-state index contributed by atoms with van der Waals surface area (Å²) in [4.78, 5) is 29.1. The Bertz CT molecular complexity index is 1260. The van der Waals surface area contributed by atoms with Crippen LogP contribution in [-0.2, 0) is 11.3 Å². The smallest absolute Gasteiger partial charge is 0.311 e. The van der Waals surface area contributed by atoms with Gasteiger partial charge in [0.15, 0.2) is 11.6 Å².